The Labute approximate surface area is 112 Å². The van der Waals surface area contributed by atoms with Gasteiger partial charge in [-0.1, -0.05) is 13.3 Å². The van der Waals surface area contributed by atoms with Gasteiger partial charge in [-0.05, 0) is 31.0 Å². The van der Waals surface area contributed by atoms with Crippen molar-refractivity contribution in [1.82, 2.24) is 19.7 Å². The highest BCUT2D eigenvalue weighted by atomic mass is 15.3. The molecule has 1 unspecified atom stereocenters. The Morgan fingerprint density at radius 3 is 3.11 bits per heavy atom. The third kappa shape index (κ3) is 2.14. The summed E-state index contributed by atoms with van der Waals surface area (Å²) in [5.41, 5.74) is 3.25. The smallest absolute Gasteiger partial charge is 0.137 e. The fourth-order valence-corrected chi connectivity index (χ4v) is 2.48. The molecule has 98 valence electrons. The molecular weight excluding hydrogens is 236 g/mol. The molecule has 4 nitrogen and oxygen atoms in total. The second kappa shape index (κ2) is 4.88. The Hall–Kier alpha value is -2.10. The molecule has 1 N–H and O–H groups in total. The summed E-state index contributed by atoms with van der Waals surface area (Å²) in [5.74, 6) is 0. The molecule has 3 aromatic heterocycles. The van der Waals surface area contributed by atoms with Crippen LogP contribution >= 0.6 is 0 Å². The number of nitrogens with one attached hydrogen (secondary N) is 1. The van der Waals surface area contributed by atoms with Gasteiger partial charge in [-0.3, -0.25) is 4.68 Å². The van der Waals surface area contributed by atoms with Crippen LogP contribution < -0.4 is 0 Å². The zero-order valence-electron chi connectivity index (χ0n) is 11.3. The molecule has 0 amide bonds. The van der Waals surface area contributed by atoms with Gasteiger partial charge in [0.25, 0.3) is 0 Å². The molecule has 0 saturated carbocycles. The van der Waals surface area contributed by atoms with Crippen molar-refractivity contribution >= 4 is 11.0 Å². The fourth-order valence-electron chi connectivity index (χ4n) is 2.48. The van der Waals surface area contributed by atoms with Gasteiger partial charge in [0, 0.05) is 35.6 Å². The number of H-pyrrole nitrogens is 1. The summed E-state index contributed by atoms with van der Waals surface area (Å²) < 4.78 is 2.05. The zero-order chi connectivity index (χ0) is 13.2. The monoisotopic (exact) mass is 254 g/mol. The first kappa shape index (κ1) is 12.0. The van der Waals surface area contributed by atoms with Crippen LogP contribution in [0.5, 0.6) is 0 Å². The average molecular weight is 254 g/mol. The third-order valence-corrected chi connectivity index (χ3v) is 3.53. The third-order valence-electron chi connectivity index (χ3n) is 3.53. The molecule has 1 atom stereocenters. The second-order valence-electron chi connectivity index (χ2n) is 4.95. The van der Waals surface area contributed by atoms with Crippen LogP contribution in [0.4, 0.5) is 0 Å². The van der Waals surface area contributed by atoms with Gasteiger partial charge in [-0.2, -0.15) is 5.10 Å². The highest BCUT2D eigenvalue weighted by molar-refractivity contribution is 5.92. The molecule has 0 bridgehead atoms. The summed E-state index contributed by atoms with van der Waals surface area (Å²) in [6.45, 7) is 4.41. The van der Waals surface area contributed by atoms with Crippen molar-refractivity contribution in [2.45, 2.75) is 32.7 Å². The van der Waals surface area contributed by atoms with Crippen molar-refractivity contribution in [2.75, 3.05) is 0 Å². The van der Waals surface area contributed by atoms with Crippen LogP contribution in [-0.2, 0) is 0 Å². The zero-order valence-corrected chi connectivity index (χ0v) is 11.3. The van der Waals surface area contributed by atoms with Gasteiger partial charge in [0.1, 0.15) is 5.65 Å². The maximum atomic E-state index is 4.49. The summed E-state index contributed by atoms with van der Waals surface area (Å²) in [5, 5.41) is 5.63. The highest BCUT2D eigenvalue weighted by Crippen LogP contribution is 2.27. The number of hydrogen-bond donors (Lipinski definition) is 1. The van der Waals surface area contributed by atoms with E-state index in [1.165, 1.54) is 12.0 Å². The first-order chi connectivity index (χ1) is 9.29. The highest BCUT2D eigenvalue weighted by Gasteiger charge is 2.10. The predicted molar refractivity (Wildman–Crippen MR) is 76.9 cm³/mol. The topological polar surface area (TPSA) is 46.5 Å². The largest absolute Gasteiger partial charge is 0.346 e. The van der Waals surface area contributed by atoms with Gasteiger partial charge in [-0.15, -0.1) is 0 Å². The minimum absolute atomic E-state index is 0.447. The predicted octanol–water partition coefficient (Wildman–Crippen LogP) is 3.79. The minimum Gasteiger partial charge on any atom is -0.346 e. The fraction of sp³-hybridized carbons (Fsp3) is 0.333. The summed E-state index contributed by atoms with van der Waals surface area (Å²) >= 11 is 0. The van der Waals surface area contributed by atoms with Gasteiger partial charge in [-0.25, -0.2) is 4.98 Å². The molecule has 3 rings (SSSR count). The normalized spacial score (nSPS) is 12.9. The first-order valence-corrected chi connectivity index (χ1v) is 6.76. The molecule has 0 fully saturated rings. The molecule has 4 heteroatoms. The lowest BCUT2D eigenvalue weighted by Crippen LogP contribution is -2.04. The SMILES string of the molecule is CCCC(C)n1cc(-c2ccnc3[nH]ccc23)cn1. The summed E-state index contributed by atoms with van der Waals surface area (Å²) in [6.07, 6.45) is 10.1. The number of rotatable bonds is 4. The average Bonchev–Trinajstić information content (AvgIpc) is 3.07. The van der Waals surface area contributed by atoms with Crippen molar-refractivity contribution in [2.24, 2.45) is 0 Å². The lowest BCUT2D eigenvalue weighted by Gasteiger charge is -2.09. The molecule has 0 radical (unpaired) electrons. The Morgan fingerprint density at radius 1 is 1.37 bits per heavy atom. The van der Waals surface area contributed by atoms with E-state index in [2.05, 4.69) is 45.9 Å². The molecule has 19 heavy (non-hydrogen) atoms. The van der Waals surface area contributed by atoms with Crippen molar-refractivity contribution in [3.63, 3.8) is 0 Å². The van der Waals surface area contributed by atoms with Crippen LogP contribution in [0, 0.1) is 0 Å². The molecule has 0 saturated heterocycles. The van der Waals surface area contributed by atoms with Gasteiger partial charge in [0.05, 0.1) is 6.20 Å². The molecule has 0 aliphatic heterocycles. The summed E-state index contributed by atoms with van der Waals surface area (Å²) in [7, 11) is 0. The maximum Gasteiger partial charge on any atom is 0.137 e. The summed E-state index contributed by atoms with van der Waals surface area (Å²) in [6, 6.07) is 4.55. The van der Waals surface area contributed by atoms with Crippen LogP contribution in [0.1, 0.15) is 32.7 Å². The molecule has 0 aromatic carbocycles. The number of hydrogen-bond acceptors (Lipinski definition) is 2. The van der Waals surface area contributed by atoms with Crippen molar-refractivity contribution in [3.8, 4) is 11.1 Å². The van der Waals surface area contributed by atoms with Crippen LogP contribution in [0.2, 0.25) is 0 Å². The van der Waals surface area contributed by atoms with E-state index >= 15 is 0 Å². The van der Waals surface area contributed by atoms with E-state index in [9.17, 15) is 0 Å². The van der Waals surface area contributed by atoms with Gasteiger partial charge in [0.15, 0.2) is 0 Å². The molecule has 3 aromatic rings. The Morgan fingerprint density at radius 2 is 2.26 bits per heavy atom. The number of aromatic amines is 1. The van der Waals surface area contributed by atoms with E-state index in [0.717, 1.165) is 23.0 Å². The van der Waals surface area contributed by atoms with Crippen molar-refractivity contribution in [3.05, 3.63) is 36.9 Å². The van der Waals surface area contributed by atoms with Gasteiger partial charge in [0.2, 0.25) is 0 Å². The lowest BCUT2D eigenvalue weighted by molar-refractivity contribution is 0.455. The lowest BCUT2D eigenvalue weighted by atomic mass is 10.1. The van der Waals surface area contributed by atoms with Gasteiger partial charge >= 0.3 is 0 Å². The van der Waals surface area contributed by atoms with Crippen LogP contribution in [0.25, 0.3) is 22.2 Å². The van der Waals surface area contributed by atoms with E-state index < -0.39 is 0 Å². The van der Waals surface area contributed by atoms with E-state index in [1.807, 2.05) is 24.7 Å². The van der Waals surface area contributed by atoms with E-state index in [0.29, 0.717) is 6.04 Å². The number of nitrogens with zero attached hydrogens (tertiary/aromatic N) is 3. The van der Waals surface area contributed by atoms with Crippen LogP contribution in [0.3, 0.4) is 0 Å². The number of pyridine rings is 1. The quantitative estimate of drug-likeness (QED) is 0.770. The van der Waals surface area contributed by atoms with Crippen LogP contribution in [0.15, 0.2) is 36.9 Å². The molecule has 0 aliphatic carbocycles. The Balaban J connectivity index is 2.00. The maximum absolute atomic E-state index is 4.49. The van der Waals surface area contributed by atoms with Gasteiger partial charge < -0.3 is 4.98 Å². The minimum atomic E-state index is 0.447. The molecular formula is C15H18N4. The second-order valence-corrected chi connectivity index (χ2v) is 4.95. The summed E-state index contributed by atoms with van der Waals surface area (Å²) in [4.78, 5) is 7.46. The molecule has 0 aliphatic rings. The first-order valence-electron chi connectivity index (χ1n) is 6.76. The van der Waals surface area contributed by atoms with Crippen molar-refractivity contribution in [1.29, 1.82) is 0 Å². The Kier molecular flexibility index (Phi) is 3.07. The van der Waals surface area contributed by atoms with E-state index in [1.54, 1.807) is 0 Å². The Bertz CT molecular complexity index is 680. The van der Waals surface area contributed by atoms with E-state index in [-0.39, 0.29) is 0 Å². The van der Waals surface area contributed by atoms with E-state index in [4.69, 9.17) is 0 Å². The molecule has 3 heterocycles. The standard InChI is InChI=1S/C15H18N4/c1-3-4-11(2)19-10-12(9-18-19)13-5-7-16-15-14(13)6-8-17-15/h5-11H,3-4H2,1-2H3,(H,16,17). The number of aromatic nitrogens is 4. The number of fused-ring (bicyclic) bond motifs is 1. The van der Waals surface area contributed by atoms with Crippen molar-refractivity contribution < 1.29 is 0 Å². The van der Waals surface area contributed by atoms with Crippen LogP contribution in [-0.4, -0.2) is 19.7 Å². The molecule has 0 spiro atoms.